The van der Waals surface area contributed by atoms with E-state index in [-0.39, 0.29) is 6.73 Å². The van der Waals surface area contributed by atoms with Crippen molar-refractivity contribution >= 4 is 13.4 Å². The highest BCUT2D eigenvalue weighted by Crippen LogP contribution is 2.36. The van der Waals surface area contributed by atoms with Gasteiger partial charge >= 0.3 is 7.82 Å². The molecule has 0 aliphatic carbocycles. The number of ether oxygens (including phenoxy) is 1. The lowest BCUT2D eigenvalue weighted by molar-refractivity contribution is 0.110. The fourth-order valence-corrected chi connectivity index (χ4v) is 3.34. The third kappa shape index (κ3) is 6.34. The molecule has 4 rings (SSSR count). The van der Waals surface area contributed by atoms with Crippen LogP contribution in [0.4, 0.5) is 0 Å². The Bertz CT molecular complexity index is 1160. The summed E-state index contributed by atoms with van der Waals surface area (Å²) in [6.45, 7) is 0.614. The third-order valence-electron chi connectivity index (χ3n) is 4.67. The zero-order valence-electron chi connectivity index (χ0n) is 17.3. The van der Waals surface area contributed by atoms with Gasteiger partial charge < -0.3 is 29.7 Å². The summed E-state index contributed by atoms with van der Waals surface area (Å²) in [6, 6.07) is 5.43. The molecule has 0 saturated carbocycles. The van der Waals surface area contributed by atoms with Crippen LogP contribution in [0.3, 0.4) is 0 Å². The minimum Gasteiger partial charge on any atom is -0.476 e. The summed E-state index contributed by atoms with van der Waals surface area (Å²) in [6.07, 6.45) is 9.54. The number of pyridine rings is 1. The van der Waals surface area contributed by atoms with Crippen LogP contribution >= 0.6 is 7.82 Å². The molecule has 1 atom stereocenters. The van der Waals surface area contributed by atoms with Gasteiger partial charge in [0.2, 0.25) is 5.88 Å². The first-order valence-electron chi connectivity index (χ1n) is 9.83. The molecule has 0 fully saturated rings. The molecule has 1 aliphatic rings. The minimum absolute atomic E-state index is 0.376. The first kappa shape index (κ1) is 22.8. The molecule has 0 bridgehead atoms. The van der Waals surface area contributed by atoms with E-state index in [0.717, 1.165) is 5.56 Å². The molecule has 174 valence electrons. The molecular weight excluding hydrogens is 453 g/mol. The van der Waals surface area contributed by atoms with Crippen LogP contribution in [-0.4, -0.2) is 59.1 Å². The van der Waals surface area contributed by atoms with E-state index < -0.39 is 14.0 Å². The zero-order chi connectivity index (χ0) is 23.3. The van der Waals surface area contributed by atoms with Gasteiger partial charge in [-0.15, -0.1) is 0 Å². The molecule has 0 radical (unpaired) electrons. The topological polar surface area (TPSA) is 175 Å². The summed E-state index contributed by atoms with van der Waals surface area (Å²) in [4.78, 5) is 27.4. The maximum absolute atomic E-state index is 10.9. The van der Waals surface area contributed by atoms with Crippen LogP contribution in [-0.2, 0) is 22.1 Å². The molecule has 0 aromatic carbocycles. The number of nitrogens with zero attached hydrogens (tertiary/aromatic N) is 6. The Morgan fingerprint density at radius 3 is 2.91 bits per heavy atom. The lowest BCUT2D eigenvalue weighted by atomic mass is 10.1. The Morgan fingerprint density at radius 2 is 2.18 bits per heavy atom. The average molecular weight is 475 g/mol. The van der Waals surface area contributed by atoms with Gasteiger partial charge in [-0.1, -0.05) is 17.3 Å². The summed E-state index contributed by atoms with van der Waals surface area (Å²) in [5, 5.41) is 8.09. The monoisotopic (exact) mass is 475 g/mol. The summed E-state index contributed by atoms with van der Waals surface area (Å²) >= 11 is 0. The van der Waals surface area contributed by atoms with Crippen molar-refractivity contribution in [3.05, 3.63) is 72.4 Å². The van der Waals surface area contributed by atoms with Gasteiger partial charge in [-0.25, -0.2) is 19.2 Å². The highest BCUT2D eigenvalue weighted by atomic mass is 31.2. The number of phosphoric acid groups is 1. The highest BCUT2D eigenvalue weighted by molar-refractivity contribution is 7.46. The van der Waals surface area contributed by atoms with Crippen LogP contribution in [0, 0.1) is 0 Å². The summed E-state index contributed by atoms with van der Waals surface area (Å²) in [7, 11) is -4.61. The predicted molar refractivity (Wildman–Crippen MR) is 114 cm³/mol. The number of nitrogens with two attached hydrogens (primary N) is 1. The van der Waals surface area contributed by atoms with E-state index >= 15 is 0 Å². The summed E-state index contributed by atoms with van der Waals surface area (Å²) < 4.78 is 28.2. The fraction of sp³-hybridized carbons (Fsp3) is 0.263. The molecule has 0 amide bonds. The molecule has 0 saturated heterocycles. The lowest BCUT2D eigenvalue weighted by Gasteiger charge is -2.30. The molecule has 33 heavy (non-hydrogen) atoms. The van der Waals surface area contributed by atoms with Gasteiger partial charge in [-0.2, -0.15) is 5.10 Å². The van der Waals surface area contributed by atoms with Crippen molar-refractivity contribution in [2.45, 2.75) is 19.1 Å². The lowest BCUT2D eigenvalue weighted by Crippen LogP contribution is -2.41. The Morgan fingerprint density at radius 1 is 1.30 bits per heavy atom. The number of aromatic nitrogens is 5. The van der Waals surface area contributed by atoms with Crippen LogP contribution in [0.2, 0.25) is 0 Å². The van der Waals surface area contributed by atoms with Crippen molar-refractivity contribution in [3.63, 3.8) is 0 Å². The van der Waals surface area contributed by atoms with Crippen LogP contribution in [0.5, 0.6) is 5.88 Å². The van der Waals surface area contributed by atoms with E-state index in [2.05, 4.69) is 24.7 Å². The molecule has 4 N–H and O–H groups in total. The van der Waals surface area contributed by atoms with Gasteiger partial charge in [0.05, 0.1) is 12.2 Å². The number of phosphoric ester groups is 1. The van der Waals surface area contributed by atoms with E-state index in [4.69, 9.17) is 24.8 Å². The summed E-state index contributed by atoms with van der Waals surface area (Å²) in [5.74, 6) is 0.950. The average Bonchev–Trinajstić information content (AvgIpc) is 3.46. The second-order valence-electron chi connectivity index (χ2n) is 7.04. The third-order valence-corrected chi connectivity index (χ3v) is 5.12. The normalized spacial score (nSPS) is 16.2. The standard InChI is InChI=1S/C19H22N7O6P/c20-19-16(2-1-5-25(19)13-31-33(27,28)29)17-9-15(24-32-17)8-14-3-4-18(22-10-14)30-7-6-26-12-21-11-23-26/h1-5,9-12,19H,6-8,13,20H2,(H2,27,28,29). The van der Waals surface area contributed by atoms with E-state index in [9.17, 15) is 4.57 Å². The highest BCUT2D eigenvalue weighted by Gasteiger charge is 2.25. The minimum atomic E-state index is -4.61. The Hall–Kier alpha value is -3.35. The van der Waals surface area contributed by atoms with Crippen molar-refractivity contribution in [3.8, 4) is 5.88 Å². The molecule has 14 heteroatoms. The zero-order valence-corrected chi connectivity index (χ0v) is 18.2. The van der Waals surface area contributed by atoms with Crippen LogP contribution in [0.25, 0.3) is 5.57 Å². The van der Waals surface area contributed by atoms with Crippen LogP contribution in [0.15, 0.2) is 59.9 Å². The van der Waals surface area contributed by atoms with E-state index in [1.54, 1.807) is 47.7 Å². The van der Waals surface area contributed by atoms with Crippen molar-refractivity contribution in [1.29, 1.82) is 0 Å². The smallest absolute Gasteiger partial charge is 0.471 e. The first-order valence-corrected chi connectivity index (χ1v) is 11.4. The Balaban J connectivity index is 1.32. The SMILES string of the molecule is NC1C(c2cc(Cc3ccc(OCCn4cncn4)nc3)no2)=CC=CN1COP(=O)(O)O. The van der Waals surface area contributed by atoms with Gasteiger partial charge in [-0.3, -0.25) is 4.52 Å². The van der Waals surface area contributed by atoms with Gasteiger partial charge in [0.25, 0.3) is 0 Å². The van der Waals surface area contributed by atoms with Gasteiger partial charge in [0, 0.05) is 36.5 Å². The molecule has 1 aliphatic heterocycles. The van der Waals surface area contributed by atoms with Gasteiger partial charge in [0.1, 0.15) is 32.2 Å². The van der Waals surface area contributed by atoms with Crippen LogP contribution < -0.4 is 10.5 Å². The van der Waals surface area contributed by atoms with Gasteiger partial charge in [0.15, 0.2) is 5.76 Å². The molecular formula is C19H22N7O6P. The van der Waals surface area contributed by atoms with Crippen molar-refractivity contribution in [2.24, 2.45) is 5.73 Å². The fourth-order valence-electron chi connectivity index (χ4n) is 3.05. The number of rotatable bonds is 10. The molecule has 3 aromatic heterocycles. The first-order chi connectivity index (χ1) is 15.9. The predicted octanol–water partition coefficient (Wildman–Crippen LogP) is 0.895. The second-order valence-corrected chi connectivity index (χ2v) is 8.28. The number of hydrogen-bond donors (Lipinski definition) is 3. The molecule has 3 aromatic rings. The van der Waals surface area contributed by atoms with E-state index in [1.165, 1.54) is 11.2 Å². The Kier molecular flexibility index (Phi) is 6.96. The molecule has 1 unspecified atom stereocenters. The Labute approximate surface area is 188 Å². The molecule has 0 spiro atoms. The maximum Gasteiger partial charge on any atom is 0.471 e. The molecule has 4 heterocycles. The van der Waals surface area contributed by atoms with Crippen LogP contribution in [0.1, 0.15) is 17.0 Å². The van der Waals surface area contributed by atoms with Gasteiger partial charge in [-0.05, 0) is 11.6 Å². The maximum atomic E-state index is 10.9. The van der Waals surface area contributed by atoms with Crippen molar-refractivity contribution in [1.82, 2.24) is 29.8 Å². The second kappa shape index (κ2) is 10.1. The van der Waals surface area contributed by atoms with E-state index in [1.807, 2.05) is 6.07 Å². The molecule has 13 nitrogen and oxygen atoms in total. The number of hydrogen-bond acceptors (Lipinski definition) is 10. The summed E-state index contributed by atoms with van der Waals surface area (Å²) in [5.41, 5.74) is 8.37. The van der Waals surface area contributed by atoms with Crippen molar-refractivity contribution < 1.29 is 28.1 Å². The largest absolute Gasteiger partial charge is 0.476 e. The quantitative estimate of drug-likeness (QED) is 0.354. The van der Waals surface area contributed by atoms with E-state index in [0.29, 0.717) is 42.5 Å². The van der Waals surface area contributed by atoms with Crippen molar-refractivity contribution in [2.75, 3.05) is 13.3 Å². The number of allylic oxidation sites excluding steroid dienone is 2.